The van der Waals surface area contributed by atoms with Crippen LogP contribution in [-0.2, 0) is 26.2 Å². The van der Waals surface area contributed by atoms with Gasteiger partial charge in [-0.05, 0) is 73.7 Å². The Balaban J connectivity index is 1.73. The Kier molecular flexibility index (Phi) is 10.5. The molecule has 10 heteroatoms. The molecule has 1 saturated carbocycles. The molecule has 0 heterocycles. The summed E-state index contributed by atoms with van der Waals surface area (Å²) in [5, 5.41) is 3.50. The number of aryl methyl sites for hydroxylation is 1. The molecular formula is C32H38ClN3O5S. The molecule has 4 rings (SSSR count). The molecular weight excluding hydrogens is 574 g/mol. The Bertz CT molecular complexity index is 1490. The number of hydrogen-bond acceptors (Lipinski definition) is 5. The number of sulfonamides is 1. The summed E-state index contributed by atoms with van der Waals surface area (Å²) in [5.74, 6) is -0.134. The highest BCUT2D eigenvalue weighted by Crippen LogP contribution is 2.29. The van der Waals surface area contributed by atoms with E-state index in [2.05, 4.69) is 5.32 Å². The van der Waals surface area contributed by atoms with Crippen LogP contribution in [0, 0.1) is 6.92 Å². The second-order valence-corrected chi connectivity index (χ2v) is 12.8. The number of carbonyl (C=O) groups is 2. The van der Waals surface area contributed by atoms with E-state index in [-0.39, 0.29) is 29.1 Å². The molecule has 0 radical (unpaired) electrons. The van der Waals surface area contributed by atoms with E-state index in [0.29, 0.717) is 17.2 Å². The first-order valence-corrected chi connectivity index (χ1v) is 16.0. The van der Waals surface area contributed by atoms with Crippen molar-refractivity contribution in [3.63, 3.8) is 0 Å². The zero-order valence-electron chi connectivity index (χ0n) is 24.3. The summed E-state index contributed by atoms with van der Waals surface area (Å²) >= 11 is 6.40. The summed E-state index contributed by atoms with van der Waals surface area (Å²) in [7, 11) is -2.60. The van der Waals surface area contributed by atoms with E-state index in [1.54, 1.807) is 55.6 Å². The fraction of sp³-hybridized carbons (Fsp3) is 0.375. The van der Waals surface area contributed by atoms with Crippen molar-refractivity contribution in [2.75, 3.05) is 18.0 Å². The molecule has 1 atom stereocenters. The van der Waals surface area contributed by atoms with Crippen molar-refractivity contribution in [3.8, 4) is 5.75 Å². The van der Waals surface area contributed by atoms with Crippen molar-refractivity contribution < 1.29 is 22.7 Å². The molecule has 3 aromatic carbocycles. The molecule has 2 amide bonds. The molecule has 0 spiro atoms. The Morgan fingerprint density at radius 3 is 2.38 bits per heavy atom. The van der Waals surface area contributed by atoms with Crippen LogP contribution in [0.3, 0.4) is 0 Å². The number of amides is 2. The number of carbonyl (C=O) groups excluding carboxylic acids is 2. The summed E-state index contributed by atoms with van der Waals surface area (Å²) in [5.41, 5.74) is 1.79. The molecule has 3 aromatic rings. The lowest BCUT2D eigenvalue weighted by Crippen LogP contribution is -2.53. The minimum Gasteiger partial charge on any atom is -0.497 e. The molecule has 0 saturated heterocycles. The molecule has 0 aromatic heterocycles. The van der Waals surface area contributed by atoms with Crippen molar-refractivity contribution in [3.05, 3.63) is 88.9 Å². The van der Waals surface area contributed by atoms with Crippen LogP contribution >= 0.6 is 11.6 Å². The van der Waals surface area contributed by atoms with E-state index in [1.807, 2.05) is 26.0 Å². The van der Waals surface area contributed by atoms with Gasteiger partial charge in [-0.25, -0.2) is 8.42 Å². The van der Waals surface area contributed by atoms with Crippen molar-refractivity contribution in [2.45, 2.75) is 69.5 Å². The van der Waals surface area contributed by atoms with Crippen LogP contribution in [0.2, 0.25) is 5.02 Å². The van der Waals surface area contributed by atoms with Gasteiger partial charge in [0.25, 0.3) is 10.0 Å². The number of ether oxygens (including phenoxy) is 1. The van der Waals surface area contributed by atoms with E-state index in [0.717, 1.165) is 41.1 Å². The Labute approximate surface area is 253 Å². The van der Waals surface area contributed by atoms with Crippen LogP contribution in [0.5, 0.6) is 5.75 Å². The van der Waals surface area contributed by atoms with Gasteiger partial charge in [0, 0.05) is 17.6 Å². The first kappa shape index (κ1) is 31.4. The monoisotopic (exact) mass is 611 g/mol. The minimum absolute atomic E-state index is 0.0415. The number of hydrogen-bond donors (Lipinski definition) is 1. The molecule has 1 N–H and O–H groups in total. The highest BCUT2D eigenvalue weighted by molar-refractivity contribution is 7.92. The average Bonchev–Trinajstić information content (AvgIpc) is 3.50. The lowest BCUT2D eigenvalue weighted by Gasteiger charge is -2.34. The highest BCUT2D eigenvalue weighted by atomic mass is 35.5. The van der Waals surface area contributed by atoms with Crippen LogP contribution in [0.25, 0.3) is 0 Å². The summed E-state index contributed by atoms with van der Waals surface area (Å²) in [6, 6.07) is 19.4. The fourth-order valence-electron chi connectivity index (χ4n) is 5.24. The van der Waals surface area contributed by atoms with E-state index in [1.165, 1.54) is 17.0 Å². The topological polar surface area (TPSA) is 96.0 Å². The lowest BCUT2D eigenvalue weighted by atomic mass is 10.1. The quantitative estimate of drug-likeness (QED) is 0.283. The second kappa shape index (κ2) is 14.1. The van der Waals surface area contributed by atoms with Crippen molar-refractivity contribution >= 4 is 39.1 Å². The normalized spacial score (nSPS) is 14.3. The van der Waals surface area contributed by atoms with Gasteiger partial charge in [0.2, 0.25) is 11.8 Å². The van der Waals surface area contributed by atoms with Gasteiger partial charge < -0.3 is 15.0 Å². The fourth-order valence-corrected chi connectivity index (χ4v) is 6.84. The average molecular weight is 612 g/mol. The standard InChI is InChI=1S/C32H38ClN3O5S/c1-4-30(32(38)34-25-12-8-9-13-25)35(21-24-11-10-14-27(19-24)41-3)31(37)22-36(26-18-17-23(2)29(33)20-26)42(39,40)28-15-6-5-7-16-28/h5-7,10-11,14-20,25,30H,4,8-9,12-13,21-22H2,1-3H3,(H,34,38)/t30-/m1/s1. The van der Waals surface area contributed by atoms with Crippen LogP contribution < -0.4 is 14.4 Å². The zero-order valence-corrected chi connectivity index (χ0v) is 25.8. The van der Waals surface area contributed by atoms with Gasteiger partial charge in [-0.15, -0.1) is 0 Å². The van der Waals surface area contributed by atoms with Gasteiger partial charge in [-0.2, -0.15) is 0 Å². The maximum absolute atomic E-state index is 14.2. The number of nitrogens with zero attached hydrogens (tertiary/aromatic N) is 2. The Morgan fingerprint density at radius 1 is 1.02 bits per heavy atom. The zero-order chi connectivity index (χ0) is 30.3. The van der Waals surface area contributed by atoms with Gasteiger partial charge in [0.15, 0.2) is 0 Å². The maximum atomic E-state index is 14.2. The smallest absolute Gasteiger partial charge is 0.264 e. The molecule has 8 nitrogen and oxygen atoms in total. The number of nitrogens with one attached hydrogen (secondary N) is 1. The SMILES string of the molecule is CC[C@H](C(=O)NC1CCCC1)N(Cc1cccc(OC)c1)C(=O)CN(c1ccc(C)c(Cl)c1)S(=O)(=O)c1ccccc1. The third-order valence-electron chi connectivity index (χ3n) is 7.63. The number of benzene rings is 3. The number of methoxy groups -OCH3 is 1. The van der Waals surface area contributed by atoms with E-state index in [4.69, 9.17) is 16.3 Å². The molecule has 0 unspecified atom stereocenters. The number of rotatable bonds is 12. The summed E-state index contributed by atoms with van der Waals surface area (Å²) in [6.45, 7) is 3.25. The van der Waals surface area contributed by atoms with Crippen LogP contribution in [0.4, 0.5) is 5.69 Å². The number of halogens is 1. The minimum atomic E-state index is -4.16. The predicted octanol–water partition coefficient (Wildman–Crippen LogP) is 5.72. The van der Waals surface area contributed by atoms with E-state index < -0.39 is 28.5 Å². The molecule has 0 bridgehead atoms. The second-order valence-electron chi connectivity index (χ2n) is 10.5. The Hall–Kier alpha value is -3.56. The van der Waals surface area contributed by atoms with E-state index in [9.17, 15) is 18.0 Å². The first-order chi connectivity index (χ1) is 20.1. The van der Waals surface area contributed by atoms with E-state index >= 15 is 0 Å². The van der Waals surface area contributed by atoms with Gasteiger partial charge in [-0.3, -0.25) is 13.9 Å². The lowest BCUT2D eigenvalue weighted by molar-refractivity contribution is -0.140. The third-order valence-corrected chi connectivity index (χ3v) is 9.82. The largest absolute Gasteiger partial charge is 0.497 e. The van der Waals surface area contributed by atoms with Crippen molar-refractivity contribution in [1.29, 1.82) is 0 Å². The number of anilines is 1. The summed E-state index contributed by atoms with van der Waals surface area (Å²) < 4.78 is 34.3. The van der Waals surface area contributed by atoms with Gasteiger partial charge in [-0.1, -0.05) is 67.8 Å². The predicted molar refractivity (Wildman–Crippen MR) is 165 cm³/mol. The van der Waals surface area contributed by atoms with Crippen molar-refractivity contribution in [1.82, 2.24) is 10.2 Å². The molecule has 42 heavy (non-hydrogen) atoms. The third kappa shape index (κ3) is 7.44. The molecule has 1 aliphatic rings. The van der Waals surface area contributed by atoms with Crippen LogP contribution in [0.15, 0.2) is 77.7 Å². The van der Waals surface area contributed by atoms with Crippen LogP contribution in [0.1, 0.15) is 50.2 Å². The first-order valence-electron chi connectivity index (χ1n) is 14.2. The molecule has 224 valence electrons. The molecule has 0 aliphatic heterocycles. The maximum Gasteiger partial charge on any atom is 0.264 e. The van der Waals surface area contributed by atoms with Crippen molar-refractivity contribution in [2.24, 2.45) is 0 Å². The molecule has 1 aliphatic carbocycles. The highest BCUT2D eigenvalue weighted by Gasteiger charge is 2.34. The molecule has 1 fully saturated rings. The summed E-state index contributed by atoms with van der Waals surface area (Å²) in [4.78, 5) is 29.3. The summed E-state index contributed by atoms with van der Waals surface area (Å²) in [6.07, 6.45) is 4.28. The van der Waals surface area contributed by atoms with Gasteiger partial charge >= 0.3 is 0 Å². The van der Waals surface area contributed by atoms with Gasteiger partial charge in [0.05, 0.1) is 17.7 Å². The van der Waals surface area contributed by atoms with Crippen LogP contribution in [-0.4, -0.2) is 50.9 Å². The van der Waals surface area contributed by atoms with Gasteiger partial charge in [0.1, 0.15) is 18.3 Å². The Morgan fingerprint density at radius 2 is 1.74 bits per heavy atom.